The summed E-state index contributed by atoms with van der Waals surface area (Å²) in [4.78, 5) is 17.5. The van der Waals surface area contributed by atoms with E-state index in [4.69, 9.17) is 0 Å². The first kappa shape index (κ1) is 22.9. The molecule has 5 rings (SSSR count). The molecule has 0 atom stereocenters. The number of pyridine rings is 1. The first-order valence-electron chi connectivity index (χ1n) is 11.1. The van der Waals surface area contributed by atoms with Crippen LogP contribution in [0.3, 0.4) is 0 Å². The number of nitrogens with zero attached hydrogens (tertiary/aromatic N) is 6. The van der Waals surface area contributed by atoms with Crippen molar-refractivity contribution >= 4 is 15.9 Å². The topological polar surface area (TPSA) is 94.3 Å². The molecule has 10 heteroatoms. The number of aromatic amines is 1. The molecule has 8 nitrogen and oxygen atoms in total. The molecule has 0 spiro atoms. The first-order valence-corrected chi connectivity index (χ1v) is 11.9. The molecule has 0 aliphatic rings. The van der Waals surface area contributed by atoms with E-state index in [1.807, 2.05) is 30.3 Å². The van der Waals surface area contributed by atoms with Crippen LogP contribution >= 0.6 is 15.9 Å². The third-order valence-electron chi connectivity index (χ3n) is 5.76. The number of hydrogen-bond donors (Lipinski definition) is 1. The summed E-state index contributed by atoms with van der Waals surface area (Å²) in [5.74, 6) is 0.00867. The van der Waals surface area contributed by atoms with Gasteiger partial charge in [0.1, 0.15) is 11.5 Å². The van der Waals surface area contributed by atoms with Crippen molar-refractivity contribution in [1.29, 1.82) is 0 Å². The minimum Gasteiger partial charge on any atom is -0.292 e. The number of rotatable bonds is 7. The molecule has 0 amide bonds. The molecule has 0 aliphatic heterocycles. The summed E-state index contributed by atoms with van der Waals surface area (Å²) < 4.78 is 18.2. The third-order valence-corrected chi connectivity index (χ3v) is 6.40. The predicted molar refractivity (Wildman–Crippen MR) is 134 cm³/mol. The Labute approximate surface area is 208 Å². The van der Waals surface area contributed by atoms with Crippen molar-refractivity contribution in [3.05, 3.63) is 99.2 Å². The van der Waals surface area contributed by atoms with Crippen molar-refractivity contribution in [3.63, 3.8) is 0 Å². The van der Waals surface area contributed by atoms with Crippen molar-refractivity contribution in [2.45, 2.75) is 26.3 Å². The number of hydrogen-bond acceptors (Lipinski definition) is 5. The number of para-hydroxylation sites is 1. The largest absolute Gasteiger partial charge is 0.333 e. The molecule has 2 aromatic carbocycles. The van der Waals surface area contributed by atoms with E-state index in [1.54, 1.807) is 35.3 Å². The van der Waals surface area contributed by atoms with Gasteiger partial charge in [-0.2, -0.15) is 5.21 Å². The maximum Gasteiger partial charge on any atom is 0.333 e. The standard InChI is InChI=1S/C25H21BrFN7O/c1-2-4-18-15-34(23-21(26)5-3-6-22(23)27)25(35)33(18)14-16-7-9-17(10-8-16)19-11-12-28-13-20(19)24-29-31-32-30-24/h3,5-13,15H,2,4,14H2,1H3,(H,29,30,31,32). The predicted octanol–water partition coefficient (Wildman–Crippen LogP) is 4.78. The van der Waals surface area contributed by atoms with Gasteiger partial charge < -0.3 is 0 Å². The normalized spacial score (nSPS) is 11.2. The average Bonchev–Trinajstić information content (AvgIpc) is 3.50. The SMILES string of the molecule is CCCc1cn(-c2c(F)cccc2Br)c(=O)n1Cc1ccc(-c2ccncc2-c2nn[nH]n2)cc1. The fourth-order valence-corrected chi connectivity index (χ4v) is 4.64. The zero-order valence-corrected chi connectivity index (χ0v) is 20.4. The van der Waals surface area contributed by atoms with E-state index in [9.17, 15) is 9.18 Å². The van der Waals surface area contributed by atoms with E-state index < -0.39 is 5.82 Å². The number of aryl methyl sites for hydroxylation is 1. The number of imidazole rings is 1. The highest BCUT2D eigenvalue weighted by molar-refractivity contribution is 9.10. The van der Waals surface area contributed by atoms with Gasteiger partial charge in [0.05, 0.1) is 6.54 Å². The van der Waals surface area contributed by atoms with Crippen molar-refractivity contribution < 1.29 is 4.39 Å². The lowest BCUT2D eigenvalue weighted by atomic mass is 10.00. The van der Waals surface area contributed by atoms with Gasteiger partial charge >= 0.3 is 5.69 Å². The zero-order valence-electron chi connectivity index (χ0n) is 18.8. The van der Waals surface area contributed by atoms with Gasteiger partial charge in [-0.3, -0.25) is 14.1 Å². The summed E-state index contributed by atoms with van der Waals surface area (Å²) in [6, 6.07) is 14.5. The maximum atomic E-state index is 14.6. The monoisotopic (exact) mass is 533 g/mol. The highest BCUT2D eigenvalue weighted by Gasteiger charge is 2.17. The van der Waals surface area contributed by atoms with Crippen LogP contribution in [-0.2, 0) is 13.0 Å². The Morgan fingerprint density at radius 2 is 1.91 bits per heavy atom. The molecule has 0 fully saturated rings. The summed E-state index contributed by atoms with van der Waals surface area (Å²) in [6.45, 7) is 2.43. The second-order valence-electron chi connectivity index (χ2n) is 8.03. The molecule has 3 heterocycles. The lowest BCUT2D eigenvalue weighted by Crippen LogP contribution is -2.25. The summed E-state index contributed by atoms with van der Waals surface area (Å²) in [7, 11) is 0. The minimum absolute atomic E-state index is 0.218. The Morgan fingerprint density at radius 1 is 1.09 bits per heavy atom. The lowest BCUT2D eigenvalue weighted by molar-refractivity contribution is 0.612. The number of tetrazole rings is 1. The average molecular weight is 534 g/mol. The van der Waals surface area contributed by atoms with Crippen molar-refractivity contribution in [3.8, 4) is 28.2 Å². The van der Waals surface area contributed by atoms with Gasteiger partial charge in [-0.05, 0) is 62.5 Å². The second kappa shape index (κ2) is 9.75. The number of H-pyrrole nitrogens is 1. The molecule has 0 aliphatic carbocycles. The molecular weight excluding hydrogens is 513 g/mol. The van der Waals surface area contributed by atoms with Crippen LogP contribution in [0.1, 0.15) is 24.6 Å². The van der Waals surface area contributed by atoms with E-state index in [2.05, 4.69) is 48.5 Å². The Hall–Kier alpha value is -3.92. The van der Waals surface area contributed by atoms with Crippen LogP contribution in [0.15, 0.2) is 76.4 Å². The zero-order chi connectivity index (χ0) is 24.4. The van der Waals surface area contributed by atoms with Gasteiger partial charge in [-0.15, -0.1) is 10.2 Å². The van der Waals surface area contributed by atoms with Crippen LogP contribution in [0.4, 0.5) is 4.39 Å². The van der Waals surface area contributed by atoms with Gasteiger partial charge in [0.2, 0.25) is 5.82 Å². The smallest absolute Gasteiger partial charge is 0.292 e. The van der Waals surface area contributed by atoms with Gasteiger partial charge in [0.25, 0.3) is 0 Å². The van der Waals surface area contributed by atoms with E-state index >= 15 is 0 Å². The molecule has 0 bridgehead atoms. The summed E-state index contributed by atoms with van der Waals surface area (Å²) in [5, 5.41) is 14.2. The van der Waals surface area contributed by atoms with E-state index in [0.717, 1.165) is 34.4 Å². The molecule has 1 N–H and O–H groups in total. The van der Waals surface area contributed by atoms with Crippen molar-refractivity contribution in [1.82, 2.24) is 34.7 Å². The van der Waals surface area contributed by atoms with Crippen molar-refractivity contribution in [2.75, 3.05) is 0 Å². The van der Waals surface area contributed by atoms with Crippen molar-refractivity contribution in [2.24, 2.45) is 0 Å². The van der Waals surface area contributed by atoms with Gasteiger partial charge in [-0.25, -0.2) is 9.18 Å². The third kappa shape index (κ3) is 4.44. The van der Waals surface area contributed by atoms with Gasteiger partial charge in [0.15, 0.2) is 0 Å². The number of nitrogens with one attached hydrogen (secondary N) is 1. The van der Waals surface area contributed by atoms with Crippen LogP contribution in [-0.4, -0.2) is 34.7 Å². The summed E-state index contributed by atoms with van der Waals surface area (Å²) in [6.07, 6.45) is 6.72. The first-order chi connectivity index (χ1) is 17.1. The molecule has 0 radical (unpaired) electrons. The minimum atomic E-state index is -0.458. The number of benzene rings is 2. The lowest BCUT2D eigenvalue weighted by Gasteiger charge is -2.10. The molecule has 0 saturated carbocycles. The molecule has 35 heavy (non-hydrogen) atoms. The Kier molecular flexibility index (Phi) is 6.37. The molecule has 0 unspecified atom stereocenters. The highest BCUT2D eigenvalue weighted by Crippen LogP contribution is 2.29. The molecular formula is C25H21BrFN7O. The number of aromatic nitrogens is 7. The quantitative estimate of drug-likeness (QED) is 0.324. The van der Waals surface area contributed by atoms with Gasteiger partial charge in [0, 0.05) is 34.3 Å². The van der Waals surface area contributed by atoms with Gasteiger partial charge in [-0.1, -0.05) is 43.7 Å². The van der Waals surface area contributed by atoms with Crippen LogP contribution in [0.5, 0.6) is 0 Å². The fourth-order valence-electron chi connectivity index (χ4n) is 4.10. The van der Waals surface area contributed by atoms with E-state index in [1.165, 1.54) is 10.6 Å². The maximum absolute atomic E-state index is 14.6. The number of halogens is 2. The van der Waals surface area contributed by atoms with Crippen LogP contribution in [0.25, 0.3) is 28.2 Å². The van der Waals surface area contributed by atoms with Crippen LogP contribution in [0, 0.1) is 5.82 Å². The van der Waals surface area contributed by atoms with E-state index in [-0.39, 0.29) is 11.4 Å². The summed E-state index contributed by atoms with van der Waals surface area (Å²) in [5.41, 5.74) is 4.40. The van der Waals surface area contributed by atoms with Crippen LogP contribution < -0.4 is 5.69 Å². The highest BCUT2D eigenvalue weighted by atomic mass is 79.9. The van der Waals surface area contributed by atoms with E-state index in [0.29, 0.717) is 23.3 Å². The second-order valence-corrected chi connectivity index (χ2v) is 8.89. The molecule has 176 valence electrons. The van der Waals surface area contributed by atoms with Crippen LogP contribution in [0.2, 0.25) is 0 Å². The Bertz CT molecular complexity index is 1500. The molecule has 5 aromatic rings. The fraction of sp³-hybridized carbons (Fsp3) is 0.160. The Morgan fingerprint density at radius 3 is 2.63 bits per heavy atom. The Balaban J connectivity index is 1.49. The molecule has 3 aromatic heterocycles. The summed E-state index contributed by atoms with van der Waals surface area (Å²) >= 11 is 3.38. The molecule has 0 saturated heterocycles.